The number of aryl methyl sites for hydroxylation is 1. The number of carbonyl (C=O) groups is 1. The molecule has 0 spiro atoms. The lowest BCUT2D eigenvalue weighted by atomic mass is 9.87. The standard InChI is InChI=1S/C27H39N3O/c1-3-4-5-9-19-25-20(2)26(29-30(25)22-15-7-6-8-16-22)27(31)28-24-18-12-14-21-13-10-11-17-23(21)24/h10-11,13,17,22,24H,3-9,12,14-16,18-19H2,1-2H3,(H,28,31). The van der Waals surface area contributed by atoms with E-state index in [0.29, 0.717) is 11.7 Å². The quantitative estimate of drug-likeness (QED) is 0.486. The van der Waals surface area contributed by atoms with Crippen LogP contribution in [-0.2, 0) is 12.8 Å². The first-order chi connectivity index (χ1) is 15.2. The van der Waals surface area contributed by atoms with E-state index in [4.69, 9.17) is 5.10 Å². The maximum Gasteiger partial charge on any atom is 0.272 e. The highest BCUT2D eigenvalue weighted by Crippen LogP contribution is 2.32. The highest BCUT2D eigenvalue weighted by molar-refractivity contribution is 5.94. The number of nitrogens with one attached hydrogen (secondary N) is 1. The van der Waals surface area contributed by atoms with Crippen molar-refractivity contribution in [2.24, 2.45) is 0 Å². The maximum absolute atomic E-state index is 13.4. The molecule has 4 heteroatoms. The van der Waals surface area contributed by atoms with E-state index in [-0.39, 0.29) is 11.9 Å². The molecule has 168 valence electrons. The average molecular weight is 422 g/mol. The van der Waals surface area contributed by atoms with E-state index in [9.17, 15) is 4.79 Å². The molecule has 0 bridgehead atoms. The van der Waals surface area contributed by atoms with Crippen LogP contribution in [0, 0.1) is 6.92 Å². The molecule has 4 nitrogen and oxygen atoms in total. The summed E-state index contributed by atoms with van der Waals surface area (Å²) in [5, 5.41) is 8.30. The number of hydrogen-bond acceptors (Lipinski definition) is 2. The third-order valence-electron chi connectivity index (χ3n) is 7.35. The van der Waals surface area contributed by atoms with Crippen molar-refractivity contribution in [1.82, 2.24) is 15.1 Å². The van der Waals surface area contributed by atoms with Gasteiger partial charge in [0, 0.05) is 11.3 Å². The molecule has 0 radical (unpaired) electrons. The van der Waals surface area contributed by atoms with Crippen molar-refractivity contribution >= 4 is 5.91 Å². The molecule has 1 unspecified atom stereocenters. The molecular weight excluding hydrogens is 382 g/mol. The first-order valence-corrected chi connectivity index (χ1v) is 12.7. The Morgan fingerprint density at radius 2 is 1.87 bits per heavy atom. The van der Waals surface area contributed by atoms with Gasteiger partial charge >= 0.3 is 0 Å². The Morgan fingerprint density at radius 1 is 1.06 bits per heavy atom. The van der Waals surface area contributed by atoms with Crippen molar-refractivity contribution in [3.05, 3.63) is 52.3 Å². The van der Waals surface area contributed by atoms with Gasteiger partial charge in [-0.15, -0.1) is 0 Å². The minimum atomic E-state index is 0.00331. The molecule has 1 saturated carbocycles. The fourth-order valence-corrected chi connectivity index (χ4v) is 5.55. The maximum atomic E-state index is 13.4. The number of hydrogen-bond donors (Lipinski definition) is 1. The molecule has 1 aromatic carbocycles. The molecule has 1 aromatic heterocycles. The van der Waals surface area contributed by atoms with E-state index in [2.05, 4.69) is 48.1 Å². The molecule has 1 fully saturated rings. The summed E-state index contributed by atoms with van der Waals surface area (Å²) in [6.07, 6.45) is 15.5. The summed E-state index contributed by atoms with van der Waals surface area (Å²) in [4.78, 5) is 13.4. The first kappa shape index (κ1) is 22.1. The van der Waals surface area contributed by atoms with Crippen molar-refractivity contribution in [2.75, 3.05) is 0 Å². The van der Waals surface area contributed by atoms with Crippen LogP contribution in [0.5, 0.6) is 0 Å². The van der Waals surface area contributed by atoms with Gasteiger partial charge in [0.05, 0.1) is 12.1 Å². The topological polar surface area (TPSA) is 46.9 Å². The van der Waals surface area contributed by atoms with Gasteiger partial charge < -0.3 is 5.32 Å². The largest absolute Gasteiger partial charge is 0.344 e. The van der Waals surface area contributed by atoms with Crippen molar-refractivity contribution in [3.63, 3.8) is 0 Å². The summed E-state index contributed by atoms with van der Waals surface area (Å²) in [7, 11) is 0. The third-order valence-corrected chi connectivity index (χ3v) is 7.35. The van der Waals surface area contributed by atoms with Gasteiger partial charge in [-0.3, -0.25) is 9.48 Å². The zero-order valence-corrected chi connectivity index (χ0v) is 19.5. The number of amides is 1. The van der Waals surface area contributed by atoms with E-state index < -0.39 is 0 Å². The van der Waals surface area contributed by atoms with E-state index in [1.807, 2.05) is 0 Å². The Bertz CT molecular complexity index is 879. The normalized spacial score (nSPS) is 19.2. The Kier molecular flexibility index (Phi) is 7.47. The highest BCUT2D eigenvalue weighted by Gasteiger charge is 2.28. The van der Waals surface area contributed by atoms with Gasteiger partial charge in [0.1, 0.15) is 0 Å². The van der Waals surface area contributed by atoms with Crippen LogP contribution >= 0.6 is 0 Å². The molecule has 2 aliphatic carbocycles. The monoisotopic (exact) mass is 421 g/mol. The fourth-order valence-electron chi connectivity index (χ4n) is 5.55. The predicted molar refractivity (Wildman–Crippen MR) is 127 cm³/mol. The average Bonchev–Trinajstić information content (AvgIpc) is 3.14. The Hall–Kier alpha value is -2.10. The number of fused-ring (bicyclic) bond motifs is 1. The van der Waals surface area contributed by atoms with E-state index in [1.165, 1.54) is 74.6 Å². The molecule has 4 rings (SSSR count). The number of unbranched alkanes of at least 4 members (excludes halogenated alkanes) is 3. The first-order valence-electron chi connectivity index (χ1n) is 12.7. The van der Waals surface area contributed by atoms with Gasteiger partial charge in [-0.2, -0.15) is 5.10 Å². The summed E-state index contributed by atoms with van der Waals surface area (Å²) < 4.78 is 2.25. The van der Waals surface area contributed by atoms with Crippen molar-refractivity contribution in [3.8, 4) is 0 Å². The molecule has 0 aliphatic heterocycles. The zero-order chi connectivity index (χ0) is 21.6. The lowest BCUT2D eigenvalue weighted by Crippen LogP contribution is -2.31. The molecule has 1 atom stereocenters. The predicted octanol–water partition coefficient (Wildman–Crippen LogP) is 6.63. The number of carbonyl (C=O) groups excluding carboxylic acids is 1. The summed E-state index contributed by atoms with van der Waals surface area (Å²) in [5.74, 6) is 0.00331. The van der Waals surface area contributed by atoms with E-state index in [0.717, 1.165) is 31.2 Å². The number of benzene rings is 1. The Balaban J connectivity index is 1.55. The summed E-state index contributed by atoms with van der Waals surface area (Å²) >= 11 is 0. The van der Waals surface area contributed by atoms with Crippen LogP contribution in [0.4, 0.5) is 0 Å². The van der Waals surface area contributed by atoms with Gasteiger partial charge in [-0.25, -0.2) is 0 Å². The van der Waals surface area contributed by atoms with Crippen LogP contribution in [0.2, 0.25) is 0 Å². The van der Waals surface area contributed by atoms with Crippen molar-refractivity contribution in [2.45, 2.75) is 109 Å². The summed E-state index contributed by atoms with van der Waals surface area (Å²) in [5.41, 5.74) is 5.71. The molecule has 1 N–H and O–H groups in total. The van der Waals surface area contributed by atoms with Gasteiger partial charge in [0.25, 0.3) is 5.91 Å². The van der Waals surface area contributed by atoms with Crippen LogP contribution in [0.15, 0.2) is 24.3 Å². The van der Waals surface area contributed by atoms with Crippen molar-refractivity contribution < 1.29 is 4.79 Å². The number of nitrogens with zero attached hydrogens (tertiary/aromatic N) is 2. The minimum Gasteiger partial charge on any atom is -0.344 e. The molecule has 31 heavy (non-hydrogen) atoms. The molecule has 1 amide bonds. The van der Waals surface area contributed by atoms with Crippen molar-refractivity contribution in [1.29, 1.82) is 0 Å². The SMILES string of the molecule is CCCCCCc1c(C)c(C(=O)NC2CCCc3ccccc32)nn1C1CCCCC1. The van der Waals surface area contributed by atoms with Crippen LogP contribution in [0.25, 0.3) is 0 Å². The van der Waals surface area contributed by atoms with Gasteiger partial charge in [0.2, 0.25) is 0 Å². The molecule has 2 aliphatic rings. The second-order valence-corrected chi connectivity index (χ2v) is 9.58. The van der Waals surface area contributed by atoms with Gasteiger partial charge in [-0.05, 0) is 63.0 Å². The highest BCUT2D eigenvalue weighted by atomic mass is 16.2. The minimum absolute atomic E-state index is 0.00331. The van der Waals surface area contributed by atoms with Crippen LogP contribution < -0.4 is 5.32 Å². The van der Waals surface area contributed by atoms with Crippen LogP contribution in [0.1, 0.15) is 123 Å². The van der Waals surface area contributed by atoms with Gasteiger partial charge in [0.15, 0.2) is 5.69 Å². The van der Waals surface area contributed by atoms with E-state index in [1.54, 1.807) is 0 Å². The second-order valence-electron chi connectivity index (χ2n) is 9.58. The summed E-state index contributed by atoms with van der Waals surface area (Å²) in [6, 6.07) is 9.12. The Labute approximate surface area is 187 Å². The van der Waals surface area contributed by atoms with E-state index >= 15 is 0 Å². The summed E-state index contributed by atoms with van der Waals surface area (Å²) in [6.45, 7) is 4.37. The molecular formula is C27H39N3O. The second kappa shape index (κ2) is 10.5. The molecule has 2 aromatic rings. The Morgan fingerprint density at radius 3 is 2.68 bits per heavy atom. The van der Waals surface area contributed by atoms with Gasteiger partial charge in [-0.1, -0.05) is 69.7 Å². The van der Waals surface area contributed by atoms with Crippen LogP contribution in [0.3, 0.4) is 0 Å². The van der Waals surface area contributed by atoms with Crippen LogP contribution in [-0.4, -0.2) is 15.7 Å². The molecule has 1 heterocycles. The lowest BCUT2D eigenvalue weighted by molar-refractivity contribution is 0.0925. The lowest BCUT2D eigenvalue weighted by Gasteiger charge is -2.26. The fraction of sp³-hybridized carbons (Fsp3) is 0.630. The number of aromatic nitrogens is 2. The third kappa shape index (κ3) is 5.05. The molecule has 0 saturated heterocycles. The zero-order valence-electron chi connectivity index (χ0n) is 19.5. The number of rotatable bonds is 8. The smallest absolute Gasteiger partial charge is 0.272 e.